The fourth-order valence-electron chi connectivity index (χ4n) is 5.78. The molecule has 2 aliphatic rings. The van der Waals surface area contributed by atoms with Crippen molar-refractivity contribution in [1.82, 2.24) is 9.80 Å². The molecule has 0 aliphatic carbocycles. The Balaban J connectivity index is 1.39. The van der Waals surface area contributed by atoms with E-state index in [1.165, 1.54) is 0 Å². The lowest BCUT2D eigenvalue weighted by Crippen LogP contribution is -2.65. The molecule has 4 N–H and O–H groups in total. The molecule has 37 heavy (non-hydrogen) atoms. The highest BCUT2D eigenvalue weighted by Crippen LogP contribution is 2.45. The minimum Gasteiger partial charge on any atom is -0.384 e. The monoisotopic (exact) mass is 510 g/mol. The van der Waals surface area contributed by atoms with Crippen molar-refractivity contribution in [2.24, 2.45) is 17.6 Å². The van der Waals surface area contributed by atoms with Gasteiger partial charge in [-0.2, -0.15) is 0 Å². The molecule has 3 aromatic rings. The summed E-state index contributed by atoms with van der Waals surface area (Å²) in [5.41, 5.74) is 6.76. The molecule has 2 heterocycles. The van der Waals surface area contributed by atoms with E-state index in [1.807, 2.05) is 19.2 Å². The number of likely N-dealkylation sites (tertiary alicyclic amines) is 2. The van der Waals surface area contributed by atoms with Gasteiger partial charge in [-0.25, -0.2) is 18.0 Å². The number of fused-ring (bicyclic) bond motifs is 2. The van der Waals surface area contributed by atoms with Crippen LogP contribution < -0.4 is 11.1 Å². The number of nitrogens with zero attached hydrogens (tertiary/aromatic N) is 2. The van der Waals surface area contributed by atoms with Crippen LogP contribution in [0.3, 0.4) is 0 Å². The van der Waals surface area contributed by atoms with E-state index >= 15 is 0 Å². The number of carbonyl (C=O) groups is 1. The van der Waals surface area contributed by atoms with E-state index in [2.05, 4.69) is 10.2 Å². The summed E-state index contributed by atoms with van der Waals surface area (Å²) in [7, 11) is 1.97. The number of nitrogens with one attached hydrogen (secondary N) is 1. The topological polar surface area (TPSA) is 81.8 Å². The molecular formula is C28H29F3N4O2. The second kappa shape index (κ2) is 9.81. The van der Waals surface area contributed by atoms with Crippen molar-refractivity contribution in [2.45, 2.75) is 12.1 Å². The highest BCUT2D eigenvalue weighted by molar-refractivity contribution is 5.89. The van der Waals surface area contributed by atoms with Crippen LogP contribution in [-0.2, 0) is 12.1 Å². The Morgan fingerprint density at radius 1 is 1.00 bits per heavy atom. The summed E-state index contributed by atoms with van der Waals surface area (Å²) >= 11 is 0. The maximum absolute atomic E-state index is 14.8. The maximum atomic E-state index is 14.8. The van der Waals surface area contributed by atoms with Crippen LogP contribution in [0.5, 0.6) is 0 Å². The summed E-state index contributed by atoms with van der Waals surface area (Å²) in [5.74, 6) is -2.52. The van der Waals surface area contributed by atoms with Crippen LogP contribution in [0.15, 0.2) is 60.7 Å². The van der Waals surface area contributed by atoms with Gasteiger partial charge in [-0.05, 0) is 30.3 Å². The first-order valence-corrected chi connectivity index (χ1v) is 12.2. The smallest absolute Gasteiger partial charge is 0.321 e. The zero-order valence-corrected chi connectivity index (χ0v) is 20.4. The second-order valence-corrected chi connectivity index (χ2v) is 9.99. The predicted molar refractivity (Wildman–Crippen MR) is 135 cm³/mol. The third-order valence-electron chi connectivity index (χ3n) is 7.55. The van der Waals surface area contributed by atoms with E-state index in [0.717, 1.165) is 18.2 Å². The molecule has 194 valence electrons. The summed E-state index contributed by atoms with van der Waals surface area (Å²) in [4.78, 5) is 16.7. The lowest BCUT2D eigenvalue weighted by Gasteiger charge is -2.55. The molecule has 2 bridgehead atoms. The van der Waals surface area contributed by atoms with Crippen molar-refractivity contribution in [3.05, 3.63) is 89.2 Å². The van der Waals surface area contributed by atoms with Gasteiger partial charge in [0, 0.05) is 67.4 Å². The molecule has 2 fully saturated rings. The van der Waals surface area contributed by atoms with Crippen LogP contribution >= 0.6 is 0 Å². The minimum atomic E-state index is -1.19. The van der Waals surface area contributed by atoms with Gasteiger partial charge < -0.3 is 26.0 Å². The summed E-state index contributed by atoms with van der Waals surface area (Å²) in [6.07, 6.45) is 0. The van der Waals surface area contributed by atoms with E-state index in [1.54, 1.807) is 35.2 Å². The van der Waals surface area contributed by atoms with Gasteiger partial charge >= 0.3 is 6.03 Å². The number of amides is 2. The highest BCUT2D eigenvalue weighted by Gasteiger charge is 2.53. The van der Waals surface area contributed by atoms with Gasteiger partial charge in [0.25, 0.3) is 0 Å². The van der Waals surface area contributed by atoms with Crippen LogP contribution in [0, 0.1) is 29.3 Å². The Morgan fingerprint density at radius 3 is 2.22 bits per heavy atom. The summed E-state index contributed by atoms with van der Waals surface area (Å²) in [5, 5.41) is 14.6. The third-order valence-corrected chi connectivity index (χ3v) is 7.55. The van der Waals surface area contributed by atoms with Crippen molar-refractivity contribution in [3.63, 3.8) is 0 Å². The van der Waals surface area contributed by atoms with Crippen molar-refractivity contribution in [3.8, 4) is 11.1 Å². The number of halogens is 3. The van der Waals surface area contributed by atoms with Gasteiger partial charge in [-0.1, -0.05) is 42.5 Å². The van der Waals surface area contributed by atoms with E-state index < -0.39 is 23.3 Å². The first-order chi connectivity index (χ1) is 17.7. The Labute approximate surface area is 213 Å². The number of rotatable bonds is 4. The van der Waals surface area contributed by atoms with Crippen LogP contribution in [0.25, 0.3) is 11.1 Å². The lowest BCUT2D eigenvalue weighted by molar-refractivity contribution is -0.153. The first kappa shape index (κ1) is 25.3. The van der Waals surface area contributed by atoms with E-state index in [0.29, 0.717) is 35.3 Å². The average Bonchev–Trinajstić information content (AvgIpc) is 2.84. The van der Waals surface area contributed by atoms with Gasteiger partial charge in [0.15, 0.2) is 0 Å². The van der Waals surface area contributed by atoms with Gasteiger partial charge in [-0.3, -0.25) is 0 Å². The largest absolute Gasteiger partial charge is 0.384 e. The summed E-state index contributed by atoms with van der Waals surface area (Å²) in [6.45, 7) is 1.74. The molecule has 3 aromatic carbocycles. The molecule has 5 rings (SSSR count). The van der Waals surface area contributed by atoms with E-state index in [-0.39, 0.29) is 43.0 Å². The third kappa shape index (κ3) is 4.70. The Kier molecular flexibility index (Phi) is 6.70. The normalized spacial score (nSPS) is 23.7. The zero-order chi connectivity index (χ0) is 26.3. The van der Waals surface area contributed by atoms with Crippen LogP contribution in [0.4, 0.5) is 23.7 Å². The van der Waals surface area contributed by atoms with E-state index in [4.69, 9.17) is 5.73 Å². The molecule has 2 amide bonds. The molecule has 6 nitrogen and oxygen atoms in total. The molecule has 9 heteroatoms. The average molecular weight is 511 g/mol. The van der Waals surface area contributed by atoms with Crippen LogP contribution in [0.2, 0.25) is 0 Å². The van der Waals surface area contributed by atoms with E-state index in [9.17, 15) is 23.1 Å². The van der Waals surface area contributed by atoms with Crippen molar-refractivity contribution >= 4 is 11.7 Å². The van der Waals surface area contributed by atoms with Gasteiger partial charge in [-0.15, -0.1) is 0 Å². The predicted octanol–water partition coefficient (Wildman–Crippen LogP) is 4.14. The van der Waals surface area contributed by atoms with Crippen molar-refractivity contribution in [2.75, 3.05) is 38.5 Å². The quantitative estimate of drug-likeness (QED) is 0.493. The Bertz CT molecular complexity index is 1280. The zero-order valence-electron chi connectivity index (χ0n) is 20.4. The number of urea groups is 1. The van der Waals surface area contributed by atoms with Crippen molar-refractivity contribution in [1.29, 1.82) is 0 Å². The molecule has 2 aliphatic heterocycles. The molecule has 0 spiro atoms. The summed E-state index contributed by atoms with van der Waals surface area (Å²) in [6, 6.07) is 14.7. The molecule has 2 atom stereocenters. The number of anilines is 1. The standard InChI is InChI=1S/C28H29F3N4O2/c1-34-13-20-15-35(27(36)33-24-10-22(29)9-23(30)11-24)16-21(14-34)28(20,37)19-7-5-17(6-8-19)25-4-2-3-18(12-32)26(25)31/h2-11,20-21,37H,12-16,32H2,1H3,(H,33,36). The first-order valence-electron chi connectivity index (χ1n) is 12.2. The molecule has 0 radical (unpaired) electrons. The van der Waals surface area contributed by atoms with Crippen LogP contribution in [0.1, 0.15) is 11.1 Å². The number of nitrogens with two attached hydrogens (primary N) is 1. The Morgan fingerprint density at radius 2 is 1.62 bits per heavy atom. The molecule has 0 saturated carbocycles. The van der Waals surface area contributed by atoms with Gasteiger partial charge in [0.1, 0.15) is 23.1 Å². The highest BCUT2D eigenvalue weighted by atomic mass is 19.1. The van der Waals surface area contributed by atoms with Crippen molar-refractivity contribution < 1.29 is 23.1 Å². The Hall–Kier alpha value is -3.40. The number of piperidine rings is 2. The van der Waals surface area contributed by atoms with Gasteiger partial charge in [0.2, 0.25) is 0 Å². The number of aliphatic hydroxyl groups is 1. The maximum Gasteiger partial charge on any atom is 0.321 e. The molecule has 0 aromatic heterocycles. The number of carbonyl (C=O) groups excluding carboxylic acids is 1. The molecule has 2 saturated heterocycles. The minimum absolute atomic E-state index is 0.0344. The number of hydrogen-bond donors (Lipinski definition) is 3. The van der Waals surface area contributed by atoms with Gasteiger partial charge in [0.05, 0.1) is 0 Å². The second-order valence-electron chi connectivity index (χ2n) is 9.99. The van der Waals surface area contributed by atoms with Crippen LogP contribution in [-0.4, -0.2) is 54.2 Å². The lowest BCUT2D eigenvalue weighted by atomic mass is 9.66. The SMILES string of the molecule is CN1CC2CN(C(=O)Nc3cc(F)cc(F)c3)CC(C1)C2(O)c1ccc(-c2cccc(CN)c2F)cc1. The fourth-order valence-corrected chi connectivity index (χ4v) is 5.78. The fraction of sp³-hybridized carbons (Fsp3) is 0.321. The number of benzene rings is 3. The number of hydrogen-bond acceptors (Lipinski definition) is 4. The summed E-state index contributed by atoms with van der Waals surface area (Å²) < 4.78 is 42.0. The molecule has 2 unspecified atom stereocenters. The molecular weight excluding hydrogens is 481 g/mol.